The highest BCUT2D eigenvalue weighted by Crippen LogP contribution is 2.37. The lowest BCUT2D eigenvalue weighted by Crippen LogP contribution is -2.27. The van der Waals surface area contributed by atoms with Crippen molar-refractivity contribution in [1.82, 2.24) is 0 Å². The van der Waals surface area contributed by atoms with E-state index < -0.39 is 5.97 Å². The Labute approximate surface area is 200 Å². The molecule has 1 fully saturated rings. The number of thioether (sulfide) groups is 1. The summed E-state index contributed by atoms with van der Waals surface area (Å²) in [7, 11) is 0. The summed E-state index contributed by atoms with van der Waals surface area (Å²) in [6.07, 6.45) is 1.66. The van der Waals surface area contributed by atoms with Crippen LogP contribution in [0.25, 0.3) is 6.08 Å². The van der Waals surface area contributed by atoms with Crippen LogP contribution < -0.4 is 14.4 Å². The van der Waals surface area contributed by atoms with Crippen molar-refractivity contribution in [3.8, 4) is 11.5 Å². The normalized spacial score (nSPS) is 14.5. The number of carboxylic acid groups (broad SMARTS) is 1. The van der Waals surface area contributed by atoms with Crippen LogP contribution in [0.3, 0.4) is 0 Å². The molecule has 3 aromatic carbocycles. The largest absolute Gasteiger partial charge is 0.490 e. The van der Waals surface area contributed by atoms with Gasteiger partial charge in [-0.1, -0.05) is 36.4 Å². The van der Waals surface area contributed by atoms with Gasteiger partial charge < -0.3 is 14.6 Å². The number of hydrogen-bond acceptors (Lipinski definition) is 6. The predicted octanol–water partition coefficient (Wildman–Crippen LogP) is 5.60. The van der Waals surface area contributed by atoms with E-state index >= 15 is 0 Å². The first-order valence-corrected chi connectivity index (χ1v) is 11.3. The summed E-state index contributed by atoms with van der Waals surface area (Å²) in [6.45, 7) is 2.50. The number of para-hydroxylation sites is 1. The van der Waals surface area contributed by atoms with Crippen LogP contribution in [0.15, 0.2) is 77.7 Å². The zero-order chi connectivity index (χ0) is 24.1. The molecule has 1 heterocycles. The maximum atomic E-state index is 12.8. The number of carboxylic acids is 1. The van der Waals surface area contributed by atoms with Crippen molar-refractivity contribution >= 4 is 40.6 Å². The lowest BCUT2D eigenvalue weighted by Gasteiger charge is -2.13. The molecule has 1 aliphatic heterocycles. The highest BCUT2D eigenvalue weighted by atomic mass is 32.2. The number of nitrogens with zero attached hydrogens (tertiary/aromatic N) is 1. The molecule has 34 heavy (non-hydrogen) atoms. The number of aromatic carboxylic acids is 1. The Morgan fingerprint density at radius 2 is 1.71 bits per heavy atom. The number of ether oxygens (including phenoxy) is 2. The summed E-state index contributed by atoms with van der Waals surface area (Å²) in [5.74, 6) is -0.341. The second-order valence-corrected chi connectivity index (χ2v) is 8.28. The van der Waals surface area contributed by atoms with Crippen molar-refractivity contribution in [1.29, 1.82) is 0 Å². The molecule has 1 N–H and O–H groups in total. The van der Waals surface area contributed by atoms with Gasteiger partial charge in [0.2, 0.25) is 0 Å². The van der Waals surface area contributed by atoms with Gasteiger partial charge in [0.05, 0.1) is 22.8 Å². The standard InChI is InChI=1S/C26H21NO6S/c1-2-32-22-14-18(10-13-21(22)33-16-17-8-11-19(12-9-17)25(29)30)15-23-24(28)27(26(31)34-23)20-6-4-3-5-7-20/h3-15H,2,16H2,1H3,(H,29,30)/b23-15-. The van der Waals surface area contributed by atoms with Crippen molar-refractivity contribution in [2.24, 2.45) is 0 Å². The van der Waals surface area contributed by atoms with Gasteiger partial charge in [-0.15, -0.1) is 0 Å². The Bertz CT molecular complexity index is 1250. The zero-order valence-corrected chi connectivity index (χ0v) is 19.1. The van der Waals surface area contributed by atoms with E-state index in [2.05, 4.69) is 0 Å². The molecular formula is C26H21NO6S. The molecular weight excluding hydrogens is 454 g/mol. The smallest absolute Gasteiger partial charge is 0.335 e. The molecule has 0 unspecified atom stereocenters. The highest BCUT2D eigenvalue weighted by Gasteiger charge is 2.36. The number of imide groups is 1. The molecule has 2 amide bonds. The van der Waals surface area contributed by atoms with E-state index in [1.54, 1.807) is 60.7 Å². The third-order valence-electron chi connectivity index (χ3n) is 4.97. The number of rotatable bonds is 8. The summed E-state index contributed by atoms with van der Waals surface area (Å²) in [6, 6.07) is 20.5. The van der Waals surface area contributed by atoms with Crippen LogP contribution in [0.2, 0.25) is 0 Å². The second kappa shape index (κ2) is 10.3. The fraction of sp³-hybridized carbons (Fsp3) is 0.115. The minimum absolute atomic E-state index is 0.208. The van der Waals surface area contributed by atoms with Gasteiger partial charge in [-0.3, -0.25) is 9.59 Å². The molecule has 4 rings (SSSR count). The molecule has 0 aromatic heterocycles. The fourth-order valence-corrected chi connectivity index (χ4v) is 4.17. The predicted molar refractivity (Wildman–Crippen MR) is 130 cm³/mol. The summed E-state index contributed by atoms with van der Waals surface area (Å²) < 4.78 is 11.6. The van der Waals surface area contributed by atoms with Gasteiger partial charge >= 0.3 is 5.97 Å². The number of carbonyl (C=O) groups is 3. The summed E-state index contributed by atoms with van der Waals surface area (Å²) in [5, 5.41) is 8.67. The van der Waals surface area contributed by atoms with Crippen molar-refractivity contribution in [3.63, 3.8) is 0 Å². The van der Waals surface area contributed by atoms with E-state index in [4.69, 9.17) is 14.6 Å². The molecule has 3 aromatic rings. The van der Waals surface area contributed by atoms with Crippen molar-refractivity contribution in [3.05, 3.63) is 94.4 Å². The molecule has 7 nitrogen and oxygen atoms in total. The number of anilines is 1. The summed E-state index contributed by atoms with van der Waals surface area (Å²) >= 11 is 0.890. The van der Waals surface area contributed by atoms with Crippen LogP contribution in [-0.4, -0.2) is 28.8 Å². The van der Waals surface area contributed by atoms with E-state index in [1.807, 2.05) is 13.0 Å². The molecule has 0 atom stereocenters. The first kappa shape index (κ1) is 23.1. The lowest BCUT2D eigenvalue weighted by atomic mass is 10.1. The van der Waals surface area contributed by atoms with Gasteiger partial charge in [0.1, 0.15) is 6.61 Å². The molecule has 0 aliphatic carbocycles. The number of amides is 2. The summed E-state index contributed by atoms with van der Waals surface area (Å²) in [4.78, 5) is 37.8. The average molecular weight is 476 g/mol. The van der Waals surface area contributed by atoms with Gasteiger partial charge in [-0.2, -0.15) is 0 Å². The van der Waals surface area contributed by atoms with E-state index in [-0.39, 0.29) is 23.3 Å². The third-order valence-corrected chi connectivity index (χ3v) is 5.84. The maximum Gasteiger partial charge on any atom is 0.335 e. The van der Waals surface area contributed by atoms with Gasteiger partial charge in [0, 0.05) is 0 Å². The molecule has 172 valence electrons. The van der Waals surface area contributed by atoms with Gasteiger partial charge in [0.25, 0.3) is 11.1 Å². The number of carbonyl (C=O) groups excluding carboxylic acids is 2. The van der Waals surface area contributed by atoms with Crippen LogP contribution in [0, 0.1) is 0 Å². The van der Waals surface area contributed by atoms with Crippen LogP contribution in [-0.2, 0) is 11.4 Å². The second-order valence-electron chi connectivity index (χ2n) is 7.28. The van der Waals surface area contributed by atoms with Crippen LogP contribution in [0.4, 0.5) is 10.5 Å². The molecule has 0 spiro atoms. The molecule has 8 heteroatoms. The number of benzene rings is 3. The first-order chi connectivity index (χ1) is 16.5. The zero-order valence-electron chi connectivity index (χ0n) is 18.3. The fourth-order valence-electron chi connectivity index (χ4n) is 3.33. The Morgan fingerprint density at radius 3 is 2.38 bits per heavy atom. The minimum Gasteiger partial charge on any atom is -0.490 e. The SMILES string of the molecule is CCOc1cc(/C=C2\SC(=O)N(c3ccccc3)C2=O)ccc1OCc1ccc(C(=O)O)cc1. The van der Waals surface area contributed by atoms with Crippen LogP contribution >= 0.6 is 11.8 Å². The van der Waals surface area contributed by atoms with Gasteiger partial charge in [-0.25, -0.2) is 9.69 Å². The van der Waals surface area contributed by atoms with E-state index in [0.717, 1.165) is 22.2 Å². The third kappa shape index (κ3) is 5.13. The van der Waals surface area contributed by atoms with Crippen molar-refractivity contribution in [2.75, 3.05) is 11.5 Å². The first-order valence-electron chi connectivity index (χ1n) is 10.5. The molecule has 0 bridgehead atoms. The quantitative estimate of drug-likeness (QED) is 0.424. The Hall–Kier alpha value is -4.04. The number of hydrogen-bond donors (Lipinski definition) is 1. The van der Waals surface area contributed by atoms with Crippen LogP contribution in [0.5, 0.6) is 11.5 Å². The minimum atomic E-state index is -0.983. The Morgan fingerprint density at radius 1 is 0.971 bits per heavy atom. The molecule has 0 radical (unpaired) electrons. The molecule has 1 saturated heterocycles. The Balaban J connectivity index is 1.52. The maximum absolute atomic E-state index is 12.8. The van der Waals surface area contributed by atoms with Crippen molar-refractivity contribution < 1.29 is 29.0 Å². The van der Waals surface area contributed by atoms with E-state index in [0.29, 0.717) is 34.3 Å². The van der Waals surface area contributed by atoms with E-state index in [1.165, 1.54) is 12.1 Å². The highest BCUT2D eigenvalue weighted by molar-refractivity contribution is 8.19. The Kier molecular flexibility index (Phi) is 6.98. The van der Waals surface area contributed by atoms with Gasteiger partial charge in [0.15, 0.2) is 11.5 Å². The monoisotopic (exact) mass is 475 g/mol. The van der Waals surface area contributed by atoms with Gasteiger partial charge in [-0.05, 0) is 72.3 Å². The summed E-state index contributed by atoms with van der Waals surface area (Å²) in [5.41, 5.74) is 2.25. The molecule has 1 aliphatic rings. The average Bonchev–Trinajstić information content (AvgIpc) is 3.12. The lowest BCUT2D eigenvalue weighted by molar-refractivity contribution is -0.113. The molecule has 0 saturated carbocycles. The van der Waals surface area contributed by atoms with Crippen molar-refractivity contribution in [2.45, 2.75) is 13.5 Å². The van der Waals surface area contributed by atoms with Crippen LogP contribution in [0.1, 0.15) is 28.4 Å². The van der Waals surface area contributed by atoms with E-state index in [9.17, 15) is 14.4 Å². The topological polar surface area (TPSA) is 93.1 Å².